The molecule has 1 aromatic rings. The summed E-state index contributed by atoms with van der Waals surface area (Å²) < 4.78 is 0. The minimum absolute atomic E-state index is 0.0372. The van der Waals surface area contributed by atoms with Gasteiger partial charge in [0.25, 0.3) is 5.69 Å². The quantitative estimate of drug-likeness (QED) is 0.647. The van der Waals surface area contributed by atoms with E-state index in [0.717, 1.165) is 11.3 Å². The van der Waals surface area contributed by atoms with E-state index in [1.54, 1.807) is 4.90 Å². The van der Waals surface area contributed by atoms with Crippen LogP contribution in [0.25, 0.3) is 0 Å². The van der Waals surface area contributed by atoms with Crippen LogP contribution in [0.1, 0.15) is 25.1 Å². The molecular weight excluding hydrogens is 248 g/mol. The molecule has 1 aliphatic heterocycles. The Morgan fingerprint density at radius 3 is 2.95 bits per heavy atom. The highest BCUT2D eigenvalue weighted by molar-refractivity contribution is 5.74. The Hall–Kier alpha value is -2.18. The number of nitro groups is 1. The number of rotatable bonds is 2. The number of carbonyl (C=O) groups is 1. The first kappa shape index (κ1) is 13.3. The Labute approximate surface area is 110 Å². The Morgan fingerprint density at radius 1 is 1.58 bits per heavy atom. The number of fused-ring (bicyclic) bond motifs is 1. The van der Waals surface area contributed by atoms with E-state index in [1.165, 1.54) is 12.3 Å². The van der Waals surface area contributed by atoms with E-state index in [0.29, 0.717) is 19.5 Å². The van der Waals surface area contributed by atoms with Gasteiger partial charge in [-0.05, 0) is 19.4 Å². The lowest BCUT2D eigenvalue weighted by Crippen LogP contribution is -2.45. The topological polar surface area (TPSA) is 88.4 Å². The molecule has 1 aromatic heterocycles. The first-order valence-corrected chi connectivity index (χ1v) is 6.15. The van der Waals surface area contributed by atoms with Crippen LogP contribution in [0.4, 0.5) is 10.5 Å². The molecule has 1 N–H and O–H groups in total. The van der Waals surface area contributed by atoms with E-state index in [1.807, 2.05) is 13.8 Å². The summed E-state index contributed by atoms with van der Waals surface area (Å²) in [4.78, 5) is 27.9. The lowest BCUT2D eigenvalue weighted by molar-refractivity contribution is -0.385. The smallest absolute Gasteiger partial charge is 0.317 e. The number of pyridine rings is 1. The van der Waals surface area contributed by atoms with Crippen LogP contribution in [0.15, 0.2) is 12.3 Å². The average Bonchev–Trinajstić information content (AvgIpc) is 2.36. The molecule has 7 heteroatoms. The zero-order chi connectivity index (χ0) is 14.0. The lowest BCUT2D eigenvalue weighted by Gasteiger charge is -2.28. The lowest BCUT2D eigenvalue weighted by atomic mass is 10.1. The van der Waals surface area contributed by atoms with Crippen molar-refractivity contribution in [3.8, 4) is 0 Å². The van der Waals surface area contributed by atoms with E-state index in [9.17, 15) is 14.9 Å². The van der Waals surface area contributed by atoms with Gasteiger partial charge < -0.3 is 10.2 Å². The van der Waals surface area contributed by atoms with Gasteiger partial charge in [0.1, 0.15) is 6.20 Å². The predicted octanol–water partition coefficient (Wildman–Crippen LogP) is 1.47. The van der Waals surface area contributed by atoms with Crippen LogP contribution in [-0.4, -0.2) is 33.4 Å². The largest absolute Gasteiger partial charge is 0.336 e. The van der Waals surface area contributed by atoms with Crippen molar-refractivity contribution >= 4 is 11.7 Å². The summed E-state index contributed by atoms with van der Waals surface area (Å²) in [5.74, 6) is 0. The maximum absolute atomic E-state index is 11.9. The zero-order valence-corrected chi connectivity index (χ0v) is 10.9. The highest BCUT2D eigenvalue weighted by Gasteiger charge is 2.23. The molecule has 2 heterocycles. The second-order valence-corrected chi connectivity index (χ2v) is 4.83. The van der Waals surface area contributed by atoms with Gasteiger partial charge in [0.05, 0.1) is 4.92 Å². The molecule has 0 aromatic carbocycles. The van der Waals surface area contributed by atoms with Crippen LogP contribution >= 0.6 is 0 Å². The third kappa shape index (κ3) is 2.98. The third-order valence-corrected chi connectivity index (χ3v) is 2.94. The van der Waals surface area contributed by atoms with E-state index in [2.05, 4.69) is 10.3 Å². The third-order valence-electron chi connectivity index (χ3n) is 2.94. The van der Waals surface area contributed by atoms with Crippen molar-refractivity contribution < 1.29 is 9.72 Å². The number of hydrogen-bond acceptors (Lipinski definition) is 4. The number of urea groups is 1. The monoisotopic (exact) mass is 264 g/mol. The van der Waals surface area contributed by atoms with E-state index < -0.39 is 4.92 Å². The number of carbonyl (C=O) groups excluding carboxylic acids is 1. The average molecular weight is 264 g/mol. The minimum Gasteiger partial charge on any atom is -0.336 e. The second-order valence-electron chi connectivity index (χ2n) is 4.83. The van der Waals surface area contributed by atoms with Crippen molar-refractivity contribution in [2.24, 2.45) is 0 Å². The van der Waals surface area contributed by atoms with Crippen LogP contribution in [0.3, 0.4) is 0 Å². The van der Waals surface area contributed by atoms with Crippen LogP contribution in [-0.2, 0) is 13.0 Å². The Bertz CT molecular complexity index is 516. The van der Waals surface area contributed by atoms with Gasteiger partial charge in [-0.1, -0.05) is 0 Å². The molecule has 0 saturated carbocycles. The highest BCUT2D eigenvalue weighted by Crippen LogP contribution is 2.21. The van der Waals surface area contributed by atoms with Crippen LogP contribution in [0.2, 0.25) is 0 Å². The van der Waals surface area contributed by atoms with Crippen LogP contribution in [0.5, 0.6) is 0 Å². The SMILES string of the molecule is CC(C)NC(=O)N1CCc2ncc([N+](=O)[O-])cc2C1. The summed E-state index contributed by atoms with van der Waals surface area (Å²) >= 11 is 0. The summed E-state index contributed by atoms with van der Waals surface area (Å²) in [7, 11) is 0. The molecule has 0 fully saturated rings. The molecule has 19 heavy (non-hydrogen) atoms. The summed E-state index contributed by atoms with van der Waals surface area (Å²) in [5, 5.41) is 13.5. The minimum atomic E-state index is -0.472. The molecule has 7 nitrogen and oxygen atoms in total. The maximum Gasteiger partial charge on any atom is 0.317 e. The standard InChI is InChI=1S/C12H16N4O3/c1-8(2)14-12(17)15-4-3-11-9(7-15)5-10(6-13-11)16(18)19/h5-6,8H,3-4,7H2,1-2H3,(H,14,17). The number of amides is 2. The summed E-state index contributed by atoms with van der Waals surface area (Å²) in [6.45, 7) is 4.73. The van der Waals surface area contributed by atoms with Crippen molar-refractivity contribution in [3.05, 3.63) is 33.6 Å². The predicted molar refractivity (Wildman–Crippen MR) is 68.7 cm³/mol. The van der Waals surface area contributed by atoms with E-state index in [4.69, 9.17) is 0 Å². The van der Waals surface area contributed by atoms with Gasteiger partial charge in [0.15, 0.2) is 0 Å². The molecule has 102 valence electrons. The summed E-state index contributed by atoms with van der Waals surface area (Å²) in [6, 6.07) is 1.42. The van der Waals surface area contributed by atoms with Crippen LogP contribution in [0, 0.1) is 10.1 Å². The molecule has 0 radical (unpaired) electrons. The number of nitrogens with zero attached hydrogens (tertiary/aromatic N) is 3. The van der Waals surface area contributed by atoms with Gasteiger partial charge in [0, 0.05) is 37.3 Å². The number of aromatic nitrogens is 1. The maximum atomic E-state index is 11.9. The normalized spacial score (nSPS) is 14.2. The first-order valence-electron chi connectivity index (χ1n) is 6.15. The van der Waals surface area contributed by atoms with Crippen molar-refractivity contribution in [3.63, 3.8) is 0 Å². The number of hydrogen-bond donors (Lipinski definition) is 1. The fourth-order valence-corrected chi connectivity index (χ4v) is 2.03. The van der Waals surface area contributed by atoms with Crippen molar-refractivity contribution in [1.82, 2.24) is 15.2 Å². The van der Waals surface area contributed by atoms with Gasteiger partial charge in [-0.15, -0.1) is 0 Å². The van der Waals surface area contributed by atoms with E-state index >= 15 is 0 Å². The molecule has 1 aliphatic rings. The van der Waals surface area contributed by atoms with Gasteiger partial charge in [-0.25, -0.2) is 4.79 Å². The molecule has 0 spiro atoms. The Balaban J connectivity index is 2.16. The molecule has 0 aliphatic carbocycles. The van der Waals surface area contributed by atoms with Gasteiger partial charge in [-0.2, -0.15) is 0 Å². The van der Waals surface area contributed by atoms with Crippen molar-refractivity contribution in [2.45, 2.75) is 32.9 Å². The number of nitrogens with one attached hydrogen (secondary N) is 1. The molecule has 0 bridgehead atoms. The summed E-state index contributed by atoms with van der Waals surface area (Å²) in [6.07, 6.45) is 1.89. The first-order chi connectivity index (χ1) is 8.97. The summed E-state index contributed by atoms with van der Waals surface area (Å²) in [5.41, 5.74) is 1.54. The molecular formula is C12H16N4O3. The highest BCUT2D eigenvalue weighted by atomic mass is 16.6. The van der Waals surface area contributed by atoms with Gasteiger partial charge in [-0.3, -0.25) is 15.1 Å². The molecule has 2 amide bonds. The Morgan fingerprint density at radius 2 is 2.32 bits per heavy atom. The van der Waals surface area contributed by atoms with Crippen LogP contribution < -0.4 is 5.32 Å². The molecule has 0 atom stereocenters. The molecule has 0 unspecified atom stereocenters. The molecule has 2 rings (SSSR count). The fourth-order valence-electron chi connectivity index (χ4n) is 2.03. The fraction of sp³-hybridized carbons (Fsp3) is 0.500. The van der Waals surface area contributed by atoms with E-state index in [-0.39, 0.29) is 17.8 Å². The van der Waals surface area contributed by atoms with Gasteiger partial charge >= 0.3 is 6.03 Å². The zero-order valence-electron chi connectivity index (χ0n) is 10.9. The van der Waals surface area contributed by atoms with Crippen molar-refractivity contribution in [2.75, 3.05) is 6.54 Å². The molecule has 0 saturated heterocycles. The second kappa shape index (κ2) is 5.21. The van der Waals surface area contributed by atoms with Crippen molar-refractivity contribution in [1.29, 1.82) is 0 Å². The van der Waals surface area contributed by atoms with Gasteiger partial charge in [0.2, 0.25) is 0 Å². The Kier molecular flexibility index (Phi) is 3.64.